The Labute approximate surface area is 117 Å². The molecule has 4 heteroatoms. The third kappa shape index (κ3) is 5.74. The van der Waals surface area contributed by atoms with Gasteiger partial charge in [0.25, 0.3) is 0 Å². The summed E-state index contributed by atoms with van der Waals surface area (Å²) in [5, 5.41) is 8.08. The highest BCUT2D eigenvalue weighted by atomic mass is 16.5. The molecule has 0 saturated heterocycles. The van der Waals surface area contributed by atoms with Crippen LogP contribution in [0, 0.1) is 5.41 Å². The van der Waals surface area contributed by atoms with Gasteiger partial charge in [-0.25, -0.2) is 0 Å². The summed E-state index contributed by atoms with van der Waals surface area (Å²) in [5.41, 5.74) is 1.37. The molecule has 0 fully saturated rings. The highest BCUT2D eigenvalue weighted by Crippen LogP contribution is 2.18. The second-order valence-electron chi connectivity index (χ2n) is 6.05. The van der Waals surface area contributed by atoms with Crippen molar-refractivity contribution < 1.29 is 4.74 Å². The first-order chi connectivity index (χ1) is 8.98. The quantitative estimate of drug-likeness (QED) is 0.747. The van der Waals surface area contributed by atoms with Gasteiger partial charge in [0.2, 0.25) is 0 Å². The molecule has 1 unspecified atom stereocenters. The molecule has 0 aliphatic rings. The van der Waals surface area contributed by atoms with Crippen molar-refractivity contribution in [2.45, 2.75) is 53.1 Å². The highest BCUT2D eigenvalue weighted by Gasteiger charge is 2.17. The van der Waals surface area contributed by atoms with Crippen molar-refractivity contribution in [2.24, 2.45) is 5.41 Å². The van der Waals surface area contributed by atoms with Crippen LogP contribution in [0.15, 0.2) is 12.3 Å². The lowest BCUT2D eigenvalue weighted by molar-refractivity contribution is 0.150. The number of aromatic nitrogens is 2. The average Bonchev–Trinajstić information content (AvgIpc) is 2.84. The van der Waals surface area contributed by atoms with Gasteiger partial charge in [0.15, 0.2) is 0 Å². The first-order valence-corrected chi connectivity index (χ1v) is 7.22. The molecule has 0 spiro atoms. The smallest absolute Gasteiger partial charge is 0.0762 e. The Kier molecular flexibility index (Phi) is 6.52. The van der Waals surface area contributed by atoms with Gasteiger partial charge in [0.1, 0.15) is 0 Å². The topological polar surface area (TPSA) is 39.1 Å². The van der Waals surface area contributed by atoms with Crippen molar-refractivity contribution in [1.29, 1.82) is 0 Å². The predicted octanol–water partition coefficient (Wildman–Crippen LogP) is 3.01. The summed E-state index contributed by atoms with van der Waals surface area (Å²) in [6.45, 7) is 11.5. The fourth-order valence-electron chi connectivity index (χ4n) is 1.90. The van der Waals surface area contributed by atoms with Crippen LogP contribution in [0.3, 0.4) is 0 Å². The van der Waals surface area contributed by atoms with Gasteiger partial charge >= 0.3 is 0 Å². The van der Waals surface area contributed by atoms with Gasteiger partial charge in [-0.05, 0) is 31.2 Å². The predicted molar refractivity (Wildman–Crippen MR) is 79.2 cm³/mol. The maximum atomic E-state index is 5.14. The van der Waals surface area contributed by atoms with E-state index in [0.29, 0.717) is 6.04 Å². The van der Waals surface area contributed by atoms with E-state index in [-0.39, 0.29) is 5.41 Å². The summed E-state index contributed by atoms with van der Waals surface area (Å²) in [7, 11) is 1.76. The maximum Gasteiger partial charge on any atom is 0.0762 e. The van der Waals surface area contributed by atoms with Crippen LogP contribution in [0.1, 0.15) is 52.3 Å². The Morgan fingerprint density at radius 1 is 1.47 bits per heavy atom. The Balaban J connectivity index is 2.34. The summed E-state index contributed by atoms with van der Waals surface area (Å²) >= 11 is 0. The van der Waals surface area contributed by atoms with Crippen LogP contribution in [0.2, 0.25) is 0 Å². The summed E-state index contributed by atoms with van der Waals surface area (Å²) in [5.74, 6) is 0. The van der Waals surface area contributed by atoms with E-state index in [9.17, 15) is 0 Å². The van der Waals surface area contributed by atoms with Gasteiger partial charge in [-0.2, -0.15) is 5.10 Å². The molecule has 4 nitrogen and oxygen atoms in total. The van der Waals surface area contributed by atoms with Gasteiger partial charge in [0.05, 0.1) is 5.69 Å². The molecule has 1 aromatic heterocycles. The average molecular weight is 267 g/mol. The monoisotopic (exact) mass is 267 g/mol. The van der Waals surface area contributed by atoms with Crippen LogP contribution >= 0.6 is 0 Å². The number of methoxy groups -OCH3 is 1. The van der Waals surface area contributed by atoms with Gasteiger partial charge in [-0.15, -0.1) is 0 Å². The molecule has 1 atom stereocenters. The van der Waals surface area contributed by atoms with Gasteiger partial charge in [0, 0.05) is 39.0 Å². The minimum absolute atomic E-state index is 0.259. The number of nitrogens with one attached hydrogen (secondary N) is 1. The normalized spacial score (nSPS) is 13.7. The minimum Gasteiger partial charge on any atom is -0.385 e. The summed E-state index contributed by atoms with van der Waals surface area (Å²) in [6, 6.07) is 2.58. The fraction of sp³-hybridized carbons (Fsp3) is 0.800. The zero-order valence-electron chi connectivity index (χ0n) is 13.1. The van der Waals surface area contributed by atoms with Crippen molar-refractivity contribution in [3.05, 3.63) is 18.0 Å². The molecule has 0 amide bonds. The van der Waals surface area contributed by atoms with Crippen LogP contribution in [0.25, 0.3) is 0 Å². The molecule has 0 bridgehead atoms. The Bertz CT molecular complexity index is 360. The lowest BCUT2D eigenvalue weighted by atomic mass is 9.90. The van der Waals surface area contributed by atoms with E-state index < -0.39 is 0 Å². The SMILES string of the molecule is CCC(C)n1ccc(CNCC(C)(C)CCOC)n1. The van der Waals surface area contributed by atoms with E-state index in [1.165, 1.54) is 0 Å². The Hall–Kier alpha value is -0.870. The Morgan fingerprint density at radius 2 is 2.21 bits per heavy atom. The molecule has 0 aromatic carbocycles. The zero-order valence-corrected chi connectivity index (χ0v) is 13.1. The van der Waals surface area contributed by atoms with Crippen LogP contribution in [-0.2, 0) is 11.3 Å². The molecule has 0 radical (unpaired) electrons. The molecule has 1 aromatic rings. The summed E-state index contributed by atoms with van der Waals surface area (Å²) in [4.78, 5) is 0. The van der Waals surface area contributed by atoms with E-state index in [1.54, 1.807) is 7.11 Å². The van der Waals surface area contributed by atoms with Crippen LogP contribution in [0.5, 0.6) is 0 Å². The lowest BCUT2D eigenvalue weighted by Crippen LogP contribution is -2.30. The standard InChI is InChI=1S/C15H29N3O/c1-6-13(2)18-9-7-14(17-18)11-16-12-15(3,4)8-10-19-5/h7,9,13,16H,6,8,10-12H2,1-5H3. The van der Waals surface area contributed by atoms with Crippen molar-refractivity contribution in [2.75, 3.05) is 20.3 Å². The van der Waals surface area contributed by atoms with E-state index in [0.717, 1.165) is 38.2 Å². The number of hydrogen-bond donors (Lipinski definition) is 1. The maximum absolute atomic E-state index is 5.14. The molecular formula is C15H29N3O. The molecule has 1 rings (SSSR count). The molecule has 0 saturated carbocycles. The summed E-state index contributed by atoms with van der Waals surface area (Å²) in [6.07, 6.45) is 4.25. The van der Waals surface area contributed by atoms with E-state index in [2.05, 4.69) is 50.4 Å². The van der Waals surface area contributed by atoms with Gasteiger partial charge < -0.3 is 10.1 Å². The van der Waals surface area contributed by atoms with E-state index in [4.69, 9.17) is 4.74 Å². The van der Waals surface area contributed by atoms with Crippen molar-refractivity contribution >= 4 is 0 Å². The first-order valence-electron chi connectivity index (χ1n) is 7.22. The van der Waals surface area contributed by atoms with Crippen molar-refractivity contribution in [1.82, 2.24) is 15.1 Å². The number of hydrogen-bond acceptors (Lipinski definition) is 3. The summed E-state index contributed by atoms with van der Waals surface area (Å²) < 4.78 is 7.19. The number of nitrogens with zero attached hydrogens (tertiary/aromatic N) is 2. The molecule has 1 N–H and O–H groups in total. The molecule has 0 aliphatic heterocycles. The molecular weight excluding hydrogens is 238 g/mol. The van der Waals surface area contributed by atoms with Crippen molar-refractivity contribution in [3.8, 4) is 0 Å². The third-order valence-electron chi connectivity index (χ3n) is 3.60. The third-order valence-corrected chi connectivity index (χ3v) is 3.60. The van der Waals surface area contributed by atoms with Crippen molar-refractivity contribution in [3.63, 3.8) is 0 Å². The second-order valence-corrected chi connectivity index (χ2v) is 6.05. The van der Waals surface area contributed by atoms with Gasteiger partial charge in [-0.3, -0.25) is 4.68 Å². The molecule has 110 valence electrons. The molecule has 1 heterocycles. The number of ether oxygens (including phenoxy) is 1. The van der Waals surface area contributed by atoms with Crippen LogP contribution in [-0.4, -0.2) is 30.0 Å². The highest BCUT2D eigenvalue weighted by molar-refractivity contribution is 4.99. The zero-order chi connectivity index (χ0) is 14.3. The second kappa shape index (κ2) is 7.65. The molecule has 19 heavy (non-hydrogen) atoms. The van der Waals surface area contributed by atoms with Gasteiger partial charge in [-0.1, -0.05) is 20.8 Å². The van der Waals surface area contributed by atoms with E-state index in [1.807, 2.05) is 4.68 Å². The first kappa shape index (κ1) is 16.2. The fourth-order valence-corrected chi connectivity index (χ4v) is 1.90. The Morgan fingerprint density at radius 3 is 2.84 bits per heavy atom. The minimum atomic E-state index is 0.259. The van der Waals surface area contributed by atoms with Crippen LogP contribution in [0.4, 0.5) is 0 Å². The lowest BCUT2D eigenvalue weighted by Gasteiger charge is -2.24. The molecule has 0 aliphatic carbocycles. The number of rotatable bonds is 9. The van der Waals surface area contributed by atoms with E-state index >= 15 is 0 Å². The largest absolute Gasteiger partial charge is 0.385 e. The van der Waals surface area contributed by atoms with Crippen LogP contribution < -0.4 is 5.32 Å².